The molecule has 0 aliphatic carbocycles. The Labute approximate surface area is 162 Å². The van der Waals surface area contributed by atoms with Gasteiger partial charge in [-0.2, -0.15) is 4.98 Å². The van der Waals surface area contributed by atoms with E-state index in [0.29, 0.717) is 17.5 Å². The van der Waals surface area contributed by atoms with Gasteiger partial charge < -0.3 is 25.1 Å². The van der Waals surface area contributed by atoms with Crippen molar-refractivity contribution in [2.75, 3.05) is 17.4 Å². The van der Waals surface area contributed by atoms with Gasteiger partial charge in [0.15, 0.2) is 11.5 Å². The largest absolute Gasteiger partial charge is 0.454 e. The molecular formula is C18H13BrN6O2. The first-order valence-electron chi connectivity index (χ1n) is 8.14. The van der Waals surface area contributed by atoms with E-state index in [1.807, 2.05) is 36.4 Å². The number of aromatic nitrogens is 4. The van der Waals surface area contributed by atoms with Gasteiger partial charge in [-0.05, 0) is 46.3 Å². The molecule has 0 unspecified atom stereocenters. The number of hydrogen-bond donors (Lipinski definition) is 3. The Balaban J connectivity index is 1.40. The first-order valence-corrected chi connectivity index (χ1v) is 8.93. The average Bonchev–Trinajstić information content (AvgIpc) is 3.32. The first-order chi connectivity index (χ1) is 13.2. The summed E-state index contributed by atoms with van der Waals surface area (Å²) in [5, 5.41) is 6.47. The van der Waals surface area contributed by atoms with Crippen LogP contribution < -0.4 is 20.1 Å². The van der Waals surface area contributed by atoms with Gasteiger partial charge in [-0.3, -0.25) is 0 Å². The van der Waals surface area contributed by atoms with E-state index in [9.17, 15) is 0 Å². The van der Waals surface area contributed by atoms with Crippen molar-refractivity contribution in [3.8, 4) is 11.5 Å². The van der Waals surface area contributed by atoms with E-state index in [4.69, 9.17) is 9.47 Å². The van der Waals surface area contributed by atoms with Gasteiger partial charge in [-0.25, -0.2) is 9.97 Å². The van der Waals surface area contributed by atoms with E-state index in [1.165, 1.54) is 0 Å². The molecule has 0 saturated carbocycles. The molecule has 2 aromatic carbocycles. The van der Waals surface area contributed by atoms with Gasteiger partial charge in [0, 0.05) is 23.6 Å². The number of benzene rings is 2. The number of hydrogen-bond acceptors (Lipinski definition) is 7. The summed E-state index contributed by atoms with van der Waals surface area (Å²) in [6, 6.07) is 11.5. The zero-order valence-electron chi connectivity index (χ0n) is 13.9. The number of ether oxygens (including phenoxy) is 2. The number of anilines is 4. The molecule has 134 valence electrons. The van der Waals surface area contributed by atoms with Gasteiger partial charge in [-0.1, -0.05) is 0 Å². The van der Waals surface area contributed by atoms with Crippen LogP contribution in [0.4, 0.5) is 23.1 Å². The lowest BCUT2D eigenvalue weighted by atomic mass is 10.3. The van der Waals surface area contributed by atoms with Crippen LogP contribution in [0, 0.1) is 0 Å². The summed E-state index contributed by atoms with van der Waals surface area (Å²) in [5.41, 5.74) is 3.55. The fraction of sp³-hybridized carbons (Fsp3) is 0.0556. The van der Waals surface area contributed by atoms with Crippen LogP contribution >= 0.6 is 15.9 Å². The third-order valence-electron chi connectivity index (χ3n) is 4.06. The SMILES string of the molecule is Brc1cnc(Nc2ccc3nc[nH]c3c2)nc1Nc1ccc2c(c1)OCO2. The quantitative estimate of drug-likeness (QED) is 0.448. The predicted octanol–water partition coefficient (Wildman–Crippen LogP) is 4.33. The molecule has 0 amide bonds. The second-order valence-electron chi connectivity index (χ2n) is 5.84. The predicted molar refractivity (Wildman–Crippen MR) is 105 cm³/mol. The molecule has 0 fully saturated rings. The summed E-state index contributed by atoms with van der Waals surface area (Å²) in [4.78, 5) is 16.2. The lowest BCUT2D eigenvalue weighted by molar-refractivity contribution is 0.174. The molecule has 0 atom stereocenters. The van der Waals surface area contributed by atoms with Gasteiger partial charge in [0.1, 0.15) is 5.82 Å². The molecule has 0 radical (unpaired) electrons. The van der Waals surface area contributed by atoms with Crippen molar-refractivity contribution in [3.05, 3.63) is 53.4 Å². The van der Waals surface area contributed by atoms with E-state index in [-0.39, 0.29) is 6.79 Å². The lowest BCUT2D eigenvalue weighted by Gasteiger charge is -2.11. The Morgan fingerprint density at radius 3 is 2.78 bits per heavy atom. The third-order valence-corrected chi connectivity index (χ3v) is 4.64. The molecule has 3 heterocycles. The van der Waals surface area contributed by atoms with E-state index >= 15 is 0 Å². The van der Waals surface area contributed by atoms with Crippen LogP contribution in [0.5, 0.6) is 11.5 Å². The standard InChI is InChI=1S/C18H13BrN6O2/c19-12-7-20-18(24-10-1-3-13-14(5-10)22-8-21-13)25-17(12)23-11-2-4-15-16(6-11)27-9-26-15/h1-8H,9H2,(H,21,22)(H2,20,23,24,25). The van der Waals surface area contributed by atoms with Crippen molar-refractivity contribution in [3.63, 3.8) is 0 Å². The normalized spacial score (nSPS) is 12.3. The highest BCUT2D eigenvalue weighted by Crippen LogP contribution is 2.35. The molecular weight excluding hydrogens is 412 g/mol. The number of nitrogens with one attached hydrogen (secondary N) is 3. The van der Waals surface area contributed by atoms with Crippen LogP contribution in [0.15, 0.2) is 53.4 Å². The van der Waals surface area contributed by atoms with Crippen molar-refractivity contribution in [1.82, 2.24) is 19.9 Å². The van der Waals surface area contributed by atoms with Crippen LogP contribution in [-0.4, -0.2) is 26.7 Å². The van der Waals surface area contributed by atoms with Gasteiger partial charge in [0.05, 0.1) is 21.8 Å². The topological polar surface area (TPSA) is 97.0 Å². The molecule has 27 heavy (non-hydrogen) atoms. The summed E-state index contributed by atoms with van der Waals surface area (Å²) < 4.78 is 11.5. The molecule has 1 aliphatic heterocycles. The van der Waals surface area contributed by atoms with Crippen molar-refractivity contribution >= 4 is 50.1 Å². The van der Waals surface area contributed by atoms with Crippen LogP contribution in [0.2, 0.25) is 0 Å². The second-order valence-corrected chi connectivity index (χ2v) is 6.70. The summed E-state index contributed by atoms with van der Waals surface area (Å²) in [6.45, 7) is 0.241. The Kier molecular flexibility index (Phi) is 3.79. The van der Waals surface area contributed by atoms with Crippen molar-refractivity contribution < 1.29 is 9.47 Å². The van der Waals surface area contributed by atoms with E-state index in [0.717, 1.165) is 32.6 Å². The summed E-state index contributed by atoms with van der Waals surface area (Å²) >= 11 is 3.48. The van der Waals surface area contributed by atoms with E-state index < -0.39 is 0 Å². The van der Waals surface area contributed by atoms with Crippen molar-refractivity contribution in [2.24, 2.45) is 0 Å². The highest BCUT2D eigenvalue weighted by atomic mass is 79.9. The second kappa shape index (κ2) is 6.44. The molecule has 0 spiro atoms. The Hall–Kier alpha value is -3.33. The minimum absolute atomic E-state index is 0.241. The van der Waals surface area contributed by atoms with Crippen LogP contribution in [0.3, 0.4) is 0 Å². The Bertz CT molecular complexity index is 1150. The van der Waals surface area contributed by atoms with Crippen LogP contribution in [-0.2, 0) is 0 Å². The highest BCUT2D eigenvalue weighted by molar-refractivity contribution is 9.10. The van der Waals surface area contributed by atoms with Crippen molar-refractivity contribution in [1.29, 1.82) is 0 Å². The minimum Gasteiger partial charge on any atom is -0.454 e. The molecule has 1 aliphatic rings. The molecule has 3 N–H and O–H groups in total. The van der Waals surface area contributed by atoms with E-state index in [1.54, 1.807) is 12.5 Å². The molecule has 9 heteroatoms. The summed E-state index contributed by atoms with van der Waals surface area (Å²) in [5.74, 6) is 2.55. The van der Waals surface area contributed by atoms with Gasteiger partial charge in [0.25, 0.3) is 0 Å². The fourth-order valence-corrected chi connectivity index (χ4v) is 3.06. The molecule has 4 aromatic rings. The van der Waals surface area contributed by atoms with E-state index in [2.05, 4.69) is 46.5 Å². The van der Waals surface area contributed by atoms with Gasteiger partial charge in [-0.15, -0.1) is 0 Å². The molecule has 0 saturated heterocycles. The van der Waals surface area contributed by atoms with Crippen LogP contribution in [0.25, 0.3) is 11.0 Å². The summed E-state index contributed by atoms with van der Waals surface area (Å²) in [6.07, 6.45) is 3.36. The molecule has 2 aromatic heterocycles. The number of rotatable bonds is 4. The lowest BCUT2D eigenvalue weighted by Crippen LogP contribution is -2.01. The fourth-order valence-electron chi connectivity index (χ4n) is 2.77. The number of H-pyrrole nitrogens is 1. The molecule has 5 rings (SSSR count). The van der Waals surface area contributed by atoms with Gasteiger partial charge >= 0.3 is 0 Å². The average molecular weight is 425 g/mol. The summed E-state index contributed by atoms with van der Waals surface area (Å²) in [7, 11) is 0. The number of fused-ring (bicyclic) bond motifs is 2. The minimum atomic E-state index is 0.241. The maximum Gasteiger partial charge on any atom is 0.231 e. The first kappa shape index (κ1) is 15.9. The molecule has 0 bridgehead atoms. The number of nitrogens with zero attached hydrogens (tertiary/aromatic N) is 3. The zero-order chi connectivity index (χ0) is 18.2. The van der Waals surface area contributed by atoms with Gasteiger partial charge in [0.2, 0.25) is 12.7 Å². The zero-order valence-corrected chi connectivity index (χ0v) is 15.4. The number of imidazole rings is 1. The highest BCUT2D eigenvalue weighted by Gasteiger charge is 2.14. The van der Waals surface area contributed by atoms with Crippen LogP contribution in [0.1, 0.15) is 0 Å². The monoisotopic (exact) mass is 424 g/mol. The maximum absolute atomic E-state index is 5.41. The number of aromatic amines is 1. The third kappa shape index (κ3) is 3.13. The van der Waals surface area contributed by atoms with Crippen molar-refractivity contribution in [2.45, 2.75) is 0 Å². The number of halogens is 1. The Morgan fingerprint density at radius 1 is 0.963 bits per heavy atom. The maximum atomic E-state index is 5.41. The Morgan fingerprint density at radius 2 is 1.81 bits per heavy atom. The smallest absolute Gasteiger partial charge is 0.231 e. The molecule has 8 nitrogen and oxygen atoms in total.